The number of thiophene rings is 1. The second kappa shape index (κ2) is 6.46. The van der Waals surface area contributed by atoms with E-state index < -0.39 is 0 Å². The Morgan fingerprint density at radius 1 is 1.05 bits per heavy atom. The molecule has 1 heterocycles. The van der Waals surface area contributed by atoms with Crippen LogP contribution >= 0.6 is 23.1 Å². The standard InChI is InChI=1S/C18H16OS2/c1-2-15-9-10-18(21-15)17(19)12-20-16-8-7-13-5-3-4-6-14(13)11-16/h3-11H,2,12H2,1H3. The van der Waals surface area contributed by atoms with E-state index in [1.54, 1.807) is 23.1 Å². The number of rotatable bonds is 5. The van der Waals surface area contributed by atoms with E-state index in [0.717, 1.165) is 16.2 Å². The van der Waals surface area contributed by atoms with Gasteiger partial charge in [0.05, 0.1) is 10.6 Å². The summed E-state index contributed by atoms with van der Waals surface area (Å²) < 4.78 is 0. The lowest BCUT2D eigenvalue weighted by molar-refractivity contribution is 0.102. The Kier molecular flexibility index (Phi) is 4.42. The highest BCUT2D eigenvalue weighted by atomic mass is 32.2. The third-order valence-electron chi connectivity index (χ3n) is 3.38. The molecule has 0 saturated carbocycles. The van der Waals surface area contributed by atoms with Crippen LogP contribution in [0.4, 0.5) is 0 Å². The number of hydrogen-bond acceptors (Lipinski definition) is 3. The van der Waals surface area contributed by atoms with Crippen molar-refractivity contribution >= 4 is 39.7 Å². The van der Waals surface area contributed by atoms with Crippen molar-refractivity contribution in [2.45, 2.75) is 18.2 Å². The van der Waals surface area contributed by atoms with Gasteiger partial charge in [-0.1, -0.05) is 37.3 Å². The van der Waals surface area contributed by atoms with Crippen molar-refractivity contribution < 1.29 is 4.79 Å². The molecule has 1 nitrogen and oxygen atoms in total. The molecule has 0 saturated heterocycles. The maximum absolute atomic E-state index is 12.2. The Bertz CT molecular complexity index is 773. The van der Waals surface area contributed by atoms with Crippen LogP contribution in [0.15, 0.2) is 59.5 Å². The van der Waals surface area contributed by atoms with Crippen LogP contribution in [0.3, 0.4) is 0 Å². The lowest BCUT2D eigenvalue weighted by atomic mass is 10.1. The second-order valence-corrected chi connectivity index (χ2v) is 7.06. The first kappa shape index (κ1) is 14.4. The zero-order chi connectivity index (χ0) is 14.7. The molecule has 3 aromatic rings. The zero-order valence-corrected chi connectivity index (χ0v) is 13.5. The molecule has 0 spiro atoms. The third-order valence-corrected chi connectivity index (χ3v) is 5.64. The third kappa shape index (κ3) is 3.36. The van der Waals surface area contributed by atoms with Crippen molar-refractivity contribution in [3.8, 4) is 0 Å². The molecule has 0 fully saturated rings. The number of fused-ring (bicyclic) bond motifs is 1. The van der Waals surface area contributed by atoms with E-state index in [0.29, 0.717) is 5.75 Å². The largest absolute Gasteiger partial charge is 0.292 e. The fourth-order valence-electron chi connectivity index (χ4n) is 2.19. The zero-order valence-electron chi connectivity index (χ0n) is 11.8. The summed E-state index contributed by atoms with van der Waals surface area (Å²) in [5.41, 5.74) is 0. The van der Waals surface area contributed by atoms with Gasteiger partial charge in [0.25, 0.3) is 0 Å². The van der Waals surface area contributed by atoms with E-state index in [1.165, 1.54) is 15.6 Å². The molecule has 0 radical (unpaired) electrons. The van der Waals surface area contributed by atoms with Crippen molar-refractivity contribution in [1.82, 2.24) is 0 Å². The van der Waals surface area contributed by atoms with Crippen LogP contribution in [0.2, 0.25) is 0 Å². The van der Waals surface area contributed by atoms with Gasteiger partial charge in [0.15, 0.2) is 5.78 Å². The summed E-state index contributed by atoms with van der Waals surface area (Å²) in [7, 11) is 0. The molecule has 0 aliphatic carbocycles. The molecule has 3 heteroatoms. The van der Waals surface area contributed by atoms with Gasteiger partial charge in [-0.3, -0.25) is 4.79 Å². The molecule has 0 bridgehead atoms. The highest BCUT2D eigenvalue weighted by molar-refractivity contribution is 8.00. The van der Waals surface area contributed by atoms with Gasteiger partial charge in [-0.05, 0) is 41.5 Å². The van der Waals surface area contributed by atoms with Gasteiger partial charge < -0.3 is 0 Å². The van der Waals surface area contributed by atoms with Crippen molar-refractivity contribution in [3.05, 3.63) is 64.4 Å². The van der Waals surface area contributed by atoms with Crippen molar-refractivity contribution in [1.29, 1.82) is 0 Å². The van der Waals surface area contributed by atoms with Gasteiger partial charge in [0, 0.05) is 9.77 Å². The van der Waals surface area contributed by atoms with Crippen LogP contribution < -0.4 is 0 Å². The molecular weight excluding hydrogens is 296 g/mol. The Labute approximate surface area is 133 Å². The number of carbonyl (C=O) groups is 1. The molecule has 1 aromatic heterocycles. The molecular formula is C18H16OS2. The van der Waals surface area contributed by atoms with E-state index in [2.05, 4.69) is 43.3 Å². The first-order chi connectivity index (χ1) is 10.3. The highest BCUT2D eigenvalue weighted by Crippen LogP contribution is 2.25. The summed E-state index contributed by atoms with van der Waals surface area (Å²) in [5, 5.41) is 2.46. The number of thioether (sulfide) groups is 1. The fourth-order valence-corrected chi connectivity index (χ4v) is 4.00. The Balaban J connectivity index is 1.69. The lowest BCUT2D eigenvalue weighted by Crippen LogP contribution is -1.98. The monoisotopic (exact) mass is 312 g/mol. The molecule has 3 rings (SSSR count). The van der Waals surface area contributed by atoms with Gasteiger partial charge in [-0.15, -0.1) is 23.1 Å². The maximum atomic E-state index is 12.2. The van der Waals surface area contributed by atoms with Crippen LogP contribution in [-0.4, -0.2) is 11.5 Å². The van der Waals surface area contributed by atoms with Crippen LogP contribution in [0.5, 0.6) is 0 Å². The van der Waals surface area contributed by atoms with Crippen LogP contribution in [-0.2, 0) is 6.42 Å². The molecule has 2 aromatic carbocycles. The van der Waals surface area contributed by atoms with E-state index in [1.807, 2.05) is 18.2 Å². The lowest BCUT2D eigenvalue weighted by Gasteiger charge is -2.03. The number of carbonyl (C=O) groups excluding carboxylic acids is 1. The summed E-state index contributed by atoms with van der Waals surface area (Å²) in [6, 6.07) is 18.7. The van der Waals surface area contributed by atoms with Gasteiger partial charge >= 0.3 is 0 Å². The predicted octanol–water partition coefficient (Wildman–Crippen LogP) is 5.44. The van der Waals surface area contributed by atoms with Crippen LogP contribution in [0, 0.1) is 0 Å². The molecule has 0 unspecified atom stereocenters. The molecule has 0 amide bonds. The van der Waals surface area contributed by atoms with E-state index in [4.69, 9.17) is 0 Å². The topological polar surface area (TPSA) is 17.1 Å². The number of aryl methyl sites for hydroxylation is 1. The first-order valence-electron chi connectivity index (χ1n) is 7.00. The molecule has 0 N–H and O–H groups in total. The van der Waals surface area contributed by atoms with E-state index in [-0.39, 0.29) is 5.78 Å². The minimum absolute atomic E-state index is 0.220. The first-order valence-corrected chi connectivity index (χ1v) is 8.80. The van der Waals surface area contributed by atoms with Crippen LogP contribution in [0.25, 0.3) is 10.8 Å². The minimum atomic E-state index is 0.220. The van der Waals surface area contributed by atoms with Gasteiger partial charge in [0.1, 0.15) is 0 Å². The number of benzene rings is 2. The molecule has 0 aliphatic rings. The van der Waals surface area contributed by atoms with Gasteiger partial charge in [0.2, 0.25) is 0 Å². The SMILES string of the molecule is CCc1ccc(C(=O)CSc2ccc3ccccc3c2)s1. The molecule has 21 heavy (non-hydrogen) atoms. The predicted molar refractivity (Wildman–Crippen MR) is 92.7 cm³/mol. The van der Waals surface area contributed by atoms with Crippen molar-refractivity contribution in [2.75, 3.05) is 5.75 Å². The number of Topliss-reactive ketones (excluding diaryl/α,β-unsaturated/α-hetero) is 1. The van der Waals surface area contributed by atoms with Crippen LogP contribution in [0.1, 0.15) is 21.5 Å². The molecule has 0 atom stereocenters. The fraction of sp³-hybridized carbons (Fsp3) is 0.167. The minimum Gasteiger partial charge on any atom is -0.292 e. The number of hydrogen-bond donors (Lipinski definition) is 0. The molecule has 0 aliphatic heterocycles. The quantitative estimate of drug-likeness (QED) is 0.461. The highest BCUT2D eigenvalue weighted by Gasteiger charge is 2.09. The summed E-state index contributed by atoms with van der Waals surface area (Å²) in [5.74, 6) is 0.722. The van der Waals surface area contributed by atoms with Crippen molar-refractivity contribution in [2.24, 2.45) is 0 Å². The van der Waals surface area contributed by atoms with Gasteiger partial charge in [-0.25, -0.2) is 0 Å². The number of ketones is 1. The average Bonchev–Trinajstić information content (AvgIpc) is 3.01. The summed E-state index contributed by atoms with van der Waals surface area (Å²) in [4.78, 5) is 15.5. The Morgan fingerprint density at radius 3 is 2.62 bits per heavy atom. The summed E-state index contributed by atoms with van der Waals surface area (Å²) in [6.45, 7) is 2.11. The molecule has 106 valence electrons. The normalized spacial score (nSPS) is 10.9. The Morgan fingerprint density at radius 2 is 1.86 bits per heavy atom. The smallest absolute Gasteiger partial charge is 0.182 e. The van der Waals surface area contributed by atoms with Crippen molar-refractivity contribution in [3.63, 3.8) is 0 Å². The van der Waals surface area contributed by atoms with E-state index in [9.17, 15) is 4.79 Å². The second-order valence-electron chi connectivity index (χ2n) is 4.84. The Hall–Kier alpha value is -1.58. The summed E-state index contributed by atoms with van der Waals surface area (Å²) >= 11 is 3.23. The van der Waals surface area contributed by atoms with Gasteiger partial charge in [-0.2, -0.15) is 0 Å². The average molecular weight is 312 g/mol. The summed E-state index contributed by atoms with van der Waals surface area (Å²) in [6.07, 6.45) is 0.996. The maximum Gasteiger partial charge on any atom is 0.182 e. The van der Waals surface area contributed by atoms with E-state index >= 15 is 0 Å².